The Kier molecular flexibility index (Phi) is 4.11. The zero-order valence-electron chi connectivity index (χ0n) is 10.4. The van der Waals surface area contributed by atoms with Gasteiger partial charge in [-0.2, -0.15) is 0 Å². The number of hydrogen-bond acceptors (Lipinski definition) is 4. The van der Waals surface area contributed by atoms with Crippen LogP contribution in [0.15, 0.2) is 48.5 Å². The molecular formula is C13H8Cl2N2O4. The van der Waals surface area contributed by atoms with E-state index in [2.05, 4.69) is 0 Å². The quantitative estimate of drug-likeness (QED) is 0.479. The number of benzene rings is 2. The lowest BCUT2D eigenvalue weighted by Gasteiger charge is -2.20. The summed E-state index contributed by atoms with van der Waals surface area (Å²) < 4.78 is -1.68. The van der Waals surface area contributed by atoms with Crippen molar-refractivity contribution in [2.45, 2.75) is 4.33 Å². The number of rotatable bonds is 4. The molecule has 0 fully saturated rings. The molecule has 108 valence electrons. The molecule has 2 aromatic rings. The summed E-state index contributed by atoms with van der Waals surface area (Å²) in [5, 5.41) is 21.9. The zero-order valence-corrected chi connectivity index (χ0v) is 11.9. The Morgan fingerprint density at radius 1 is 0.905 bits per heavy atom. The van der Waals surface area contributed by atoms with Crippen LogP contribution < -0.4 is 0 Å². The second-order valence-electron chi connectivity index (χ2n) is 4.16. The molecule has 0 spiro atoms. The van der Waals surface area contributed by atoms with Gasteiger partial charge < -0.3 is 0 Å². The van der Waals surface area contributed by atoms with Crippen molar-refractivity contribution >= 4 is 34.6 Å². The second-order valence-corrected chi connectivity index (χ2v) is 5.48. The summed E-state index contributed by atoms with van der Waals surface area (Å²) in [6.45, 7) is 0. The molecule has 0 unspecified atom stereocenters. The van der Waals surface area contributed by atoms with Gasteiger partial charge in [0.2, 0.25) is 0 Å². The van der Waals surface area contributed by atoms with Gasteiger partial charge in [-0.05, 0) is 11.6 Å². The summed E-state index contributed by atoms with van der Waals surface area (Å²) in [4.78, 5) is 20.4. The van der Waals surface area contributed by atoms with E-state index in [9.17, 15) is 20.2 Å². The smallest absolute Gasteiger partial charge is 0.258 e. The summed E-state index contributed by atoms with van der Waals surface area (Å²) in [6.07, 6.45) is 0. The summed E-state index contributed by atoms with van der Waals surface area (Å²) in [7, 11) is 0. The Morgan fingerprint density at radius 2 is 1.52 bits per heavy atom. The lowest BCUT2D eigenvalue weighted by atomic mass is 10.0. The first kappa shape index (κ1) is 15.2. The molecule has 0 bridgehead atoms. The Labute approximate surface area is 129 Å². The summed E-state index contributed by atoms with van der Waals surface area (Å²) in [5.74, 6) is 0. The van der Waals surface area contributed by atoms with Gasteiger partial charge >= 0.3 is 0 Å². The Hall–Kier alpha value is -2.18. The third-order valence-corrected chi connectivity index (χ3v) is 3.71. The predicted molar refractivity (Wildman–Crippen MR) is 78.7 cm³/mol. The second kappa shape index (κ2) is 5.67. The van der Waals surface area contributed by atoms with Gasteiger partial charge in [0.15, 0.2) is 4.33 Å². The van der Waals surface area contributed by atoms with Crippen molar-refractivity contribution in [2.75, 3.05) is 0 Å². The molecule has 0 heterocycles. The maximum absolute atomic E-state index is 11.1. The van der Waals surface area contributed by atoms with E-state index in [1.165, 1.54) is 6.07 Å². The number of hydrogen-bond donors (Lipinski definition) is 0. The monoisotopic (exact) mass is 326 g/mol. The fourth-order valence-corrected chi connectivity index (χ4v) is 2.42. The number of non-ortho nitro benzene ring substituents is 1. The number of alkyl halides is 2. The van der Waals surface area contributed by atoms with Crippen molar-refractivity contribution in [3.05, 3.63) is 79.9 Å². The minimum absolute atomic E-state index is 0.0207. The van der Waals surface area contributed by atoms with E-state index in [0.29, 0.717) is 5.56 Å². The lowest BCUT2D eigenvalue weighted by molar-refractivity contribution is -0.394. The summed E-state index contributed by atoms with van der Waals surface area (Å²) in [6, 6.07) is 11.5. The summed E-state index contributed by atoms with van der Waals surface area (Å²) >= 11 is 12.5. The third kappa shape index (κ3) is 2.96. The number of nitro groups is 2. The first-order valence-corrected chi connectivity index (χ1v) is 6.46. The number of halogens is 2. The minimum atomic E-state index is -1.68. The lowest BCUT2D eigenvalue weighted by Crippen LogP contribution is -2.14. The van der Waals surface area contributed by atoms with E-state index >= 15 is 0 Å². The van der Waals surface area contributed by atoms with Crippen LogP contribution in [0.4, 0.5) is 11.4 Å². The van der Waals surface area contributed by atoms with Crippen LogP contribution in [0.25, 0.3) is 0 Å². The average Bonchev–Trinajstić information content (AvgIpc) is 2.47. The Morgan fingerprint density at radius 3 is 2.05 bits per heavy atom. The fourth-order valence-electron chi connectivity index (χ4n) is 1.85. The van der Waals surface area contributed by atoms with Gasteiger partial charge in [-0.3, -0.25) is 20.2 Å². The van der Waals surface area contributed by atoms with Gasteiger partial charge in [0.25, 0.3) is 11.4 Å². The molecule has 0 saturated carbocycles. The molecule has 0 aliphatic heterocycles. The molecule has 0 atom stereocenters. The molecule has 0 amide bonds. The van der Waals surface area contributed by atoms with E-state index in [4.69, 9.17) is 23.2 Å². The molecule has 2 aromatic carbocycles. The van der Waals surface area contributed by atoms with Crippen LogP contribution in [0.3, 0.4) is 0 Å². The van der Waals surface area contributed by atoms with E-state index in [1.807, 2.05) is 0 Å². The van der Waals surface area contributed by atoms with Crippen LogP contribution in [-0.4, -0.2) is 9.85 Å². The van der Waals surface area contributed by atoms with Gasteiger partial charge in [-0.1, -0.05) is 53.5 Å². The fraction of sp³-hybridized carbons (Fsp3) is 0.0769. The van der Waals surface area contributed by atoms with E-state index < -0.39 is 25.6 Å². The van der Waals surface area contributed by atoms with Crippen molar-refractivity contribution in [3.63, 3.8) is 0 Å². The molecule has 0 N–H and O–H groups in total. The Balaban J connectivity index is 2.63. The van der Waals surface area contributed by atoms with E-state index in [1.54, 1.807) is 30.3 Å². The average molecular weight is 327 g/mol. The molecule has 6 nitrogen and oxygen atoms in total. The van der Waals surface area contributed by atoms with Crippen molar-refractivity contribution < 1.29 is 9.85 Å². The van der Waals surface area contributed by atoms with Crippen LogP contribution in [0, 0.1) is 20.2 Å². The van der Waals surface area contributed by atoms with Gasteiger partial charge in [0, 0.05) is 6.07 Å². The molecule has 2 rings (SSSR count). The predicted octanol–water partition coefficient (Wildman–Crippen LogP) is 4.18. The van der Waals surface area contributed by atoms with Gasteiger partial charge in [-0.15, -0.1) is 0 Å². The molecule has 0 saturated heterocycles. The van der Waals surface area contributed by atoms with E-state index in [0.717, 1.165) is 12.1 Å². The third-order valence-electron chi connectivity index (χ3n) is 2.86. The zero-order chi connectivity index (χ0) is 15.6. The van der Waals surface area contributed by atoms with Crippen LogP contribution in [0.5, 0.6) is 0 Å². The number of nitrogens with zero attached hydrogens (tertiary/aromatic N) is 2. The van der Waals surface area contributed by atoms with Gasteiger partial charge in [0.1, 0.15) is 0 Å². The minimum Gasteiger partial charge on any atom is -0.258 e. The molecular weight excluding hydrogens is 319 g/mol. The SMILES string of the molecule is O=[N+]([O-])c1ccc(C(Cl)(Cl)c2ccccc2)c([N+](=O)[O-])c1. The van der Waals surface area contributed by atoms with Crippen LogP contribution in [0.2, 0.25) is 0 Å². The maximum atomic E-state index is 11.1. The molecule has 0 aromatic heterocycles. The summed E-state index contributed by atoms with van der Waals surface area (Å²) in [5.41, 5.74) is -0.487. The van der Waals surface area contributed by atoms with Crippen molar-refractivity contribution in [3.8, 4) is 0 Å². The molecule has 0 aliphatic carbocycles. The highest BCUT2D eigenvalue weighted by Crippen LogP contribution is 2.45. The molecule has 0 aliphatic rings. The van der Waals surface area contributed by atoms with Gasteiger partial charge in [-0.25, -0.2) is 0 Å². The first-order chi connectivity index (χ1) is 9.84. The maximum Gasteiger partial charge on any atom is 0.282 e. The molecule has 21 heavy (non-hydrogen) atoms. The largest absolute Gasteiger partial charge is 0.282 e. The highest BCUT2D eigenvalue weighted by Gasteiger charge is 2.36. The molecule has 8 heteroatoms. The molecule has 0 radical (unpaired) electrons. The van der Waals surface area contributed by atoms with Crippen LogP contribution in [0.1, 0.15) is 11.1 Å². The highest BCUT2D eigenvalue weighted by atomic mass is 35.5. The Bertz CT molecular complexity index is 705. The topological polar surface area (TPSA) is 86.3 Å². The highest BCUT2D eigenvalue weighted by molar-refractivity contribution is 6.50. The van der Waals surface area contributed by atoms with Crippen LogP contribution >= 0.6 is 23.2 Å². The normalized spacial score (nSPS) is 11.1. The number of nitro benzene ring substituents is 2. The first-order valence-electron chi connectivity index (χ1n) is 5.70. The van der Waals surface area contributed by atoms with Crippen molar-refractivity contribution in [2.24, 2.45) is 0 Å². The van der Waals surface area contributed by atoms with Crippen LogP contribution in [-0.2, 0) is 4.33 Å². The standard InChI is InChI=1S/C13H8Cl2N2O4/c14-13(15,9-4-2-1-3-5-9)11-7-6-10(16(18)19)8-12(11)17(20)21/h1-8H. The van der Waals surface area contributed by atoms with E-state index in [-0.39, 0.29) is 5.56 Å². The van der Waals surface area contributed by atoms with Gasteiger partial charge in [0.05, 0.1) is 21.5 Å². The van der Waals surface area contributed by atoms with Crippen molar-refractivity contribution in [1.82, 2.24) is 0 Å². The van der Waals surface area contributed by atoms with Crippen molar-refractivity contribution in [1.29, 1.82) is 0 Å².